The molecule has 0 saturated carbocycles. The lowest BCUT2D eigenvalue weighted by Crippen LogP contribution is -2.22. The minimum Gasteiger partial charge on any atom is -0.484 e. The summed E-state index contributed by atoms with van der Waals surface area (Å²) in [6.07, 6.45) is 1.62. The first-order valence-corrected chi connectivity index (χ1v) is 12.0. The molecule has 0 unspecified atom stereocenters. The van der Waals surface area contributed by atoms with Gasteiger partial charge in [-0.25, -0.2) is 4.98 Å². The summed E-state index contributed by atoms with van der Waals surface area (Å²) in [5.41, 5.74) is 3.43. The van der Waals surface area contributed by atoms with Gasteiger partial charge in [-0.3, -0.25) is 14.3 Å². The van der Waals surface area contributed by atoms with Crippen molar-refractivity contribution < 1.29 is 9.53 Å². The summed E-state index contributed by atoms with van der Waals surface area (Å²) < 4.78 is 8.87. The van der Waals surface area contributed by atoms with E-state index in [0.29, 0.717) is 28.7 Å². The maximum atomic E-state index is 12.6. The molecule has 0 aliphatic carbocycles. The Hall–Kier alpha value is -3.59. The second kappa shape index (κ2) is 10.1. The zero-order valence-electron chi connectivity index (χ0n) is 19.6. The standard InChI is InChI=1S/C25H27N5O3S/c1-16(2)29-15-26-25-27-19(12-24(32)30(25)29)14-34-22-8-6-5-7-21(22)28-23(31)13-33-20-10-9-17(3)18(4)11-20/h5-12,15-16H,13-14H2,1-4H3,(H,28,31). The number of para-hydroxylation sites is 1. The van der Waals surface area contributed by atoms with E-state index in [1.54, 1.807) is 11.0 Å². The van der Waals surface area contributed by atoms with Crippen molar-refractivity contribution in [3.63, 3.8) is 0 Å². The Labute approximate surface area is 202 Å². The minimum absolute atomic E-state index is 0.0883. The molecule has 34 heavy (non-hydrogen) atoms. The van der Waals surface area contributed by atoms with Crippen LogP contribution >= 0.6 is 11.8 Å². The van der Waals surface area contributed by atoms with Crippen molar-refractivity contribution in [3.8, 4) is 5.75 Å². The third-order valence-corrected chi connectivity index (χ3v) is 6.48. The number of ether oxygens (including phenoxy) is 1. The van der Waals surface area contributed by atoms with Crippen LogP contribution in [-0.2, 0) is 10.5 Å². The molecule has 9 heteroatoms. The molecule has 0 aliphatic rings. The van der Waals surface area contributed by atoms with Crippen molar-refractivity contribution in [2.24, 2.45) is 0 Å². The maximum Gasteiger partial charge on any atom is 0.274 e. The highest BCUT2D eigenvalue weighted by molar-refractivity contribution is 7.98. The largest absolute Gasteiger partial charge is 0.484 e. The van der Waals surface area contributed by atoms with Gasteiger partial charge in [-0.15, -0.1) is 11.8 Å². The number of nitrogens with one attached hydrogen (secondary N) is 1. The highest BCUT2D eigenvalue weighted by Crippen LogP contribution is 2.29. The Morgan fingerprint density at radius 1 is 1.12 bits per heavy atom. The van der Waals surface area contributed by atoms with Crippen LogP contribution in [0.3, 0.4) is 0 Å². The molecule has 4 rings (SSSR count). The van der Waals surface area contributed by atoms with E-state index < -0.39 is 0 Å². The zero-order chi connectivity index (χ0) is 24.2. The highest BCUT2D eigenvalue weighted by atomic mass is 32.2. The number of anilines is 1. The van der Waals surface area contributed by atoms with Crippen molar-refractivity contribution in [2.45, 2.75) is 44.4 Å². The molecule has 1 amide bonds. The number of aryl methyl sites for hydroxylation is 2. The van der Waals surface area contributed by atoms with E-state index in [0.717, 1.165) is 10.5 Å². The molecule has 0 spiro atoms. The summed E-state index contributed by atoms with van der Waals surface area (Å²) in [5.74, 6) is 1.26. The van der Waals surface area contributed by atoms with Crippen molar-refractivity contribution in [1.82, 2.24) is 19.2 Å². The summed E-state index contributed by atoms with van der Waals surface area (Å²) in [6, 6.07) is 14.9. The zero-order valence-corrected chi connectivity index (χ0v) is 20.4. The van der Waals surface area contributed by atoms with Crippen LogP contribution in [0.5, 0.6) is 5.75 Å². The van der Waals surface area contributed by atoms with Gasteiger partial charge in [-0.2, -0.15) is 9.50 Å². The van der Waals surface area contributed by atoms with Crippen LogP contribution in [0.2, 0.25) is 0 Å². The van der Waals surface area contributed by atoms with E-state index in [1.165, 1.54) is 27.9 Å². The molecule has 0 aliphatic heterocycles. The van der Waals surface area contributed by atoms with Crippen molar-refractivity contribution in [3.05, 3.63) is 82.0 Å². The molecular weight excluding hydrogens is 450 g/mol. The second-order valence-corrected chi connectivity index (χ2v) is 9.30. The molecule has 176 valence electrons. The summed E-state index contributed by atoms with van der Waals surface area (Å²) in [5, 5.41) is 2.91. The predicted octanol–water partition coefficient (Wildman–Crippen LogP) is 4.40. The van der Waals surface area contributed by atoms with E-state index in [9.17, 15) is 9.59 Å². The maximum absolute atomic E-state index is 12.6. The van der Waals surface area contributed by atoms with Gasteiger partial charge in [-0.1, -0.05) is 18.2 Å². The number of carbonyl (C=O) groups excluding carboxylic acids is 1. The second-order valence-electron chi connectivity index (χ2n) is 8.28. The lowest BCUT2D eigenvalue weighted by atomic mass is 10.1. The van der Waals surface area contributed by atoms with Gasteiger partial charge in [0.05, 0.1) is 11.4 Å². The highest BCUT2D eigenvalue weighted by Gasteiger charge is 2.12. The van der Waals surface area contributed by atoms with Gasteiger partial charge < -0.3 is 10.1 Å². The summed E-state index contributed by atoms with van der Waals surface area (Å²) >= 11 is 1.49. The van der Waals surface area contributed by atoms with Crippen molar-refractivity contribution in [2.75, 3.05) is 11.9 Å². The molecule has 1 N–H and O–H groups in total. The van der Waals surface area contributed by atoms with Crippen LogP contribution in [-0.4, -0.2) is 31.7 Å². The fourth-order valence-electron chi connectivity index (χ4n) is 3.40. The van der Waals surface area contributed by atoms with E-state index in [2.05, 4.69) is 15.3 Å². The first-order chi connectivity index (χ1) is 16.3. The predicted molar refractivity (Wildman–Crippen MR) is 134 cm³/mol. The van der Waals surface area contributed by atoms with Crippen LogP contribution in [0.15, 0.2) is 64.5 Å². The topological polar surface area (TPSA) is 90.5 Å². The molecule has 2 aromatic heterocycles. The molecule has 2 aromatic carbocycles. The van der Waals surface area contributed by atoms with Crippen LogP contribution in [0.4, 0.5) is 5.69 Å². The van der Waals surface area contributed by atoms with Crippen LogP contribution in [0, 0.1) is 13.8 Å². The third kappa shape index (κ3) is 5.31. The number of amides is 1. The third-order valence-electron chi connectivity index (χ3n) is 5.37. The minimum atomic E-state index is -0.247. The number of hydrogen-bond donors (Lipinski definition) is 1. The summed E-state index contributed by atoms with van der Waals surface area (Å²) in [7, 11) is 0. The number of rotatable bonds is 8. The first-order valence-electron chi connectivity index (χ1n) is 11.0. The van der Waals surface area contributed by atoms with E-state index in [4.69, 9.17) is 4.74 Å². The Morgan fingerprint density at radius 2 is 1.91 bits per heavy atom. The van der Waals surface area contributed by atoms with Gasteiger partial charge in [0.1, 0.15) is 12.1 Å². The molecule has 2 heterocycles. The summed E-state index contributed by atoms with van der Waals surface area (Å²) in [4.78, 5) is 34.8. The average molecular weight is 478 g/mol. The van der Waals surface area contributed by atoms with Gasteiger partial charge in [0.25, 0.3) is 17.2 Å². The van der Waals surface area contributed by atoms with Gasteiger partial charge in [0, 0.05) is 22.8 Å². The number of carbonyl (C=O) groups is 1. The van der Waals surface area contributed by atoms with Gasteiger partial charge in [0.2, 0.25) is 0 Å². The van der Waals surface area contributed by atoms with E-state index in [1.807, 2.05) is 70.2 Å². The van der Waals surface area contributed by atoms with Gasteiger partial charge in [-0.05, 0) is 63.1 Å². The lowest BCUT2D eigenvalue weighted by Gasteiger charge is -2.12. The molecule has 0 radical (unpaired) electrons. The number of thioether (sulfide) groups is 1. The SMILES string of the molecule is Cc1ccc(OCC(=O)Nc2ccccc2SCc2cc(=O)n3c(ncn3C(C)C)n2)cc1C. The molecule has 0 atom stereocenters. The average Bonchev–Trinajstić information content (AvgIpc) is 3.24. The lowest BCUT2D eigenvalue weighted by molar-refractivity contribution is -0.118. The summed E-state index contributed by atoms with van der Waals surface area (Å²) in [6.45, 7) is 7.91. The molecule has 0 bridgehead atoms. The van der Waals surface area contributed by atoms with Crippen LogP contribution in [0.25, 0.3) is 5.78 Å². The van der Waals surface area contributed by atoms with E-state index in [-0.39, 0.29) is 24.1 Å². The monoisotopic (exact) mass is 477 g/mol. The Kier molecular flexibility index (Phi) is 7.02. The Balaban J connectivity index is 1.42. The molecule has 0 saturated heterocycles. The van der Waals surface area contributed by atoms with Gasteiger partial charge in [0.15, 0.2) is 6.61 Å². The Bertz CT molecular complexity index is 1390. The number of hydrogen-bond acceptors (Lipinski definition) is 6. The van der Waals surface area contributed by atoms with Crippen LogP contribution in [0.1, 0.15) is 36.7 Å². The first kappa shape index (κ1) is 23.6. The fourth-order valence-corrected chi connectivity index (χ4v) is 4.30. The number of fused-ring (bicyclic) bond motifs is 1. The van der Waals surface area contributed by atoms with E-state index >= 15 is 0 Å². The number of nitrogens with zero attached hydrogens (tertiary/aromatic N) is 4. The smallest absolute Gasteiger partial charge is 0.274 e. The number of aromatic nitrogens is 4. The van der Waals surface area contributed by atoms with Crippen LogP contribution < -0.4 is 15.6 Å². The quantitative estimate of drug-likeness (QED) is 0.378. The molecule has 8 nitrogen and oxygen atoms in total. The van der Waals surface area contributed by atoms with Crippen molar-refractivity contribution in [1.29, 1.82) is 0 Å². The molecular formula is C25H27N5O3S. The Morgan fingerprint density at radius 3 is 2.68 bits per heavy atom. The van der Waals surface area contributed by atoms with Crippen molar-refractivity contribution >= 4 is 29.1 Å². The molecule has 4 aromatic rings. The fraction of sp³-hybridized carbons (Fsp3) is 0.280. The molecule has 0 fully saturated rings. The number of benzene rings is 2. The normalized spacial score (nSPS) is 11.2. The van der Waals surface area contributed by atoms with Gasteiger partial charge >= 0.3 is 0 Å².